The molecule has 162 valence electrons. The fourth-order valence-electron chi connectivity index (χ4n) is 5.36. The van der Waals surface area contributed by atoms with Gasteiger partial charge in [0.1, 0.15) is 5.75 Å². The second-order valence-electron chi connectivity index (χ2n) is 8.59. The minimum atomic E-state index is 0.857. The molecular weight excluding hydrogens is 416 g/mol. The molecule has 0 unspecified atom stereocenters. The third kappa shape index (κ3) is 2.58. The van der Waals surface area contributed by atoms with Crippen LogP contribution in [-0.2, 0) is 0 Å². The zero-order valence-electron chi connectivity index (χ0n) is 18.8. The summed E-state index contributed by atoms with van der Waals surface area (Å²) in [5, 5.41) is 5.04. The monoisotopic (exact) mass is 438 g/mol. The average molecular weight is 439 g/mol. The first-order valence-electron chi connectivity index (χ1n) is 11.5. The number of para-hydroxylation sites is 3. The summed E-state index contributed by atoms with van der Waals surface area (Å²) in [4.78, 5) is 0. The molecule has 0 N–H and O–H groups in total. The number of hydrogen-bond donors (Lipinski definition) is 0. The van der Waals surface area contributed by atoms with E-state index in [0.29, 0.717) is 0 Å². The van der Waals surface area contributed by atoms with Crippen LogP contribution < -0.4 is 4.74 Å². The van der Waals surface area contributed by atoms with Crippen LogP contribution in [0.2, 0.25) is 0 Å². The SMILES string of the molecule is COc1ccc(-n2c3ccccc3c3ccc4c(c5ccccc5n4-c4ccccc4)c32)cc1. The summed E-state index contributed by atoms with van der Waals surface area (Å²) in [7, 11) is 1.71. The van der Waals surface area contributed by atoms with Crippen LogP contribution in [0, 0.1) is 0 Å². The molecule has 0 fully saturated rings. The molecule has 0 spiro atoms. The van der Waals surface area contributed by atoms with Crippen molar-refractivity contribution in [3.63, 3.8) is 0 Å². The van der Waals surface area contributed by atoms with Gasteiger partial charge in [-0.3, -0.25) is 0 Å². The maximum absolute atomic E-state index is 5.43. The van der Waals surface area contributed by atoms with Gasteiger partial charge < -0.3 is 13.9 Å². The normalized spacial score (nSPS) is 11.7. The van der Waals surface area contributed by atoms with E-state index in [1.54, 1.807) is 7.11 Å². The standard InChI is InChI=1S/C31H22N2O/c1-34-23-17-15-22(16-18-23)33-27-13-7-5-11-24(27)25-19-20-29-30(31(25)33)26-12-6-8-14-28(26)32(29)21-9-3-2-4-10-21/h2-20H,1H3. The molecule has 0 amide bonds. The minimum Gasteiger partial charge on any atom is -0.497 e. The van der Waals surface area contributed by atoms with Gasteiger partial charge in [-0.05, 0) is 54.6 Å². The van der Waals surface area contributed by atoms with E-state index in [9.17, 15) is 0 Å². The number of nitrogens with zero attached hydrogens (tertiary/aromatic N) is 2. The molecule has 0 radical (unpaired) electrons. The largest absolute Gasteiger partial charge is 0.497 e. The maximum Gasteiger partial charge on any atom is 0.119 e. The number of hydrogen-bond acceptors (Lipinski definition) is 1. The van der Waals surface area contributed by atoms with Crippen molar-refractivity contribution in [3.8, 4) is 17.1 Å². The predicted octanol–water partition coefficient (Wildman–Crippen LogP) is 7.89. The van der Waals surface area contributed by atoms with Gasteiger partial charge in [-0.1, -0.05) is 60.7 Å². The molecular formula is C31H22N2O. The third-order valence-corrected chi connectivity index (χ3v) is 6.81. The highest BCUT2D eigenvalue weighted by Gasteiger charge is 2.20. The average Bonchev–Trinajstić information content (AvgIpc) is 3.42. The van der Waals surface area contributed by atoms with E-state index in [1.807, 2.05) is 12.1 Å². The van der Waals surface area contributed by atoms with Crippen LogP contribution in [0.5, 0.6) is 5.75 Å². The number of fused-ring (bicyclic) bond motifs is 7. The Labute approximate surface area is 197 Å². The highest BCUT2D eigenvalue weighted by Crippen LogP contribution is 2.41. The van der Waals surface area contributed by atoms with Gasteiger partial charge in [0.25, 0.3) is 0 Å². The minimum absolute atomic E-state index is 0.857. The summed E-state index contributed by atoms with van der Waals surface area (Å²) < 4.78 is 10.2. The summed E-state index contributed by atoms with van der Waals surface area (Å²) in [6, 6.07) is 40.9. The lowest BCUT2D eigenvalue weighted by atomic mass is 10.1. The summed E-state index contributed by atoms with van der Waals surface area (Å²) in [6.45, 7) is 0. The molecule has 5 aromatic carbocycles. The second-order valence-corrected chi connectivity index (χ2v) is 8.59. The molecule has 0 aliphatic rings. The number of methoxy groups -OCH3 is 1. The van der Waals surface area contributed by atoms with Crippen molar-refractivity contribution >= 4 is 43.6 Å². The number of rotatable bonds is 3. The van der Waals surface area contributed by atoms with Crippen LogP contribution in [-0.4, -0.2) is 16.2 Å². The van der Waals surface area contributed by atoms with Crippen LogP contribution in [0.15, 0.2) is 115 Å². The Kier molecular flexibility index (Phi) is 4.06. The molecule has 0 atom stereocenters. The second kappa shape index (κ2) is 7.26. The summed E-state index contributed by atoms with van der Waals surface area (Å²) in [5.74, 6) is 0.857. The van der Waals surface area contributed by atoms with Crippen molar-refractivity contribution in [3.05, 3.63) is 115 Å². The lowest BCUT2D eigenvalue weighted by molar-refractivity contribution is 0.415. The van der Waals surface area contributed by atoms with Gasteiger partial charge in [0.05, 0.1) is 29.2 Å². The van der Waals surface area contributed by atoms with Gasteiger partial charge in [-0.15, -0.1) is 0 Å². The number of ether oxygens (including phenoxy) is 1. The van der Waals surface area contributed by atoms with Crippen LogP contribution in [0.3, 0.4) is 0 Å². The molecule has 0 saturated carbocycles. The van der Waals surface area contributed by atoms with Crippen LogP contribution in [0.25, 0.3) is 55.0 Å². The van der Waals surface area contributed by atoms with E-state index in [1.165, 1.54) is 49.3 Å². The highest BCUT2D eigenvalue weighted by atomic mass is 16.5. The van der Waals surface area contributed by atoms with Crippen LogP contribution >= 0.6 is 0 Å². The van der Waals surface area contributed by atoms with E-state index in [4.69, 9.17) is 4.74 Å². The maximum atomic E-state index is 5.43. The van der Waals surface area contributed by atoms with Gasteiger partial charge in [-0.2, -0.15) is 0 Å². The molecule has 7 aromatic rings. The first-order valence-corrected chi connectivity index (χ1v) is 11.5. The molecule has 7 rings (SSSR count). The van der Waals surface area contributed by atoms with Crippen molar-refractivity contribution in [1.82, 2.24) is 9.13 Å². The highest BCUT2D eigenvalue weighted by molar-refractivity contribution is 6.26. The van der Waals surface area contributed by atoms with E-state index >= 15 is 0 Å². The Bertz CT molecular complexity index is 1820. The Morgan fingerprint density at radius 3 is 1.82 bits per heavy atom. The van der Waals surface area contributed by atoms with Crippen molar-refractivity contribution in [2.75, 3.05) is 7.11 Å². The molecule has 3 heteroatoms. The van der Waals surface area contributed by atoms with Gasteiger partial charge in [0.2, 0.25) is 0 Å². The molecule has 3 nitrogen and oxygen atoms in total. The smallest absolute Gasteiger partial charge is 0.119 e. The number of benzene rings is 5. The topological polar surface area (TPSA) is 19.1 Å². The van der Waals surface area contributed by atoms with Gasteiger partial charge in [0, 0.05) is 32.9 Å². The first kappa shape index (κ1) is 19.0. The van der Waals surface area contributed by atoms with Crippen LogP contribution in [0.4, 0.5) is 0 Å². The van der Waals surface area contributed by atoms with Crippen molar-refractivity contribution in [2.24, 2.45) is 0 Å². The molecule has 0 aliphatic heterocycles. The van der Waals surface area contributed by atoms with Crippen LogP contribution in [0.1, 0.15) is 0 Å². The van der Waals surface area contributed by atoms with Crippen molar-refractivity contribution in [2.45, 2.75) is 0 Å². The van der Waals surface area contributed by atoms with Gasteiger partial charge in [-0.25, -0.2) is 0 Å². The van der Waals surface area contributed by atoms with E-state index < -0.39 is 0 Å². The Balaban J connectivity index is 1.72. The third-order valence-electron chi connectivity index (χ3n) is 6.81. The van der Waals surface area contributed by atoms with E-state index in [-0.39, 0.29) is 0 Å². The molecule has 2 heterocycles. The fraction of sp³-hybridized carbons (Fsp3) is 0.0323. The van der Waals surface area contributed by atoms with Crippen molar-refractivity contribution in [1.29, 1.82) is 0 Å². The zero-order chi connectivity index (χ0) is 22.6. The fourth-order valence-corrected chi connectivity index (χ4v) is 5.36. The first-order chi connectivity index (χ1) is 16.8. The predicted molar refractivity (Wildman–Crippen MR) is 142 cm³/mol. The Morgan fingerprint density at radius 1 is 0.471 bits per heavy atom. The summed E-state index contributed by atoms with van der Waals surface area (Å²) >= 11 is 0. The lowest BCUT2D eigenvalue weighted by Gasteiger charge is -2.10. The number of aromatic nitrogens is 2. The molecule has 0 saturated heterocycles. The Hall–Kier alpha value is -4.50. The molecule has 0 aliphatic carbocycles. The Morgan fingerprint density at radius 2 is 1.09 bits per heavy atom. The molecule has 2 aromatic heterocycles. The van der Waals surface area contributed by atoms with E-state index in [0.717, 1.165) is 11.4 Å². The quantitative estimate of drug-likeness (QED) is 0.274. The van der Waals surface area contributed by atoms with E-state index in [2.05, 4.69) is 112 Å². The van der Waals surface area contributed by atoms with Gasteiger partial charge >= 0.3 is 0 Å². The summed E-state index contributed by atoms with van der Waals surface area (Å²) in [6.07, 6.45) is 0. The summed E-state index contributed by atoms with van der Waals surface area (Å²) in [5.41, 5.74) is 7.14. The lowest BCUT2D eigenvalue weighted by Crippen LogP contribution is -1.95. The molecule has 0 bridgehead atoms. The van der Waals surface area contributed by atoms with Crippen molar-refractivity contribution < 1.29 is 4.74 Å². The zero-order valence-corrected chi connectivity index (χ0v) is 18.8. The van der Waals surface area contributed by atoms with Gasteiger partial charge in [0.15, 0.2) is 0 Å². The molecule has 34 heavy (non-hydrogen) atoms.